The second kappa shape index (κ2) is 8.79. The number of benzene rings is 3. The van der Waals surface area contributed by atoms with Gasteiger partial charge >= 0.3 is 0 Å². The van der Waals surface area contributed by atoms with Crippen LogP contribution >= 0.6 is 7.92 Å². The largest absolute Gasteiger partial charge is 0.243 e. The first kappa shape index (κ1) is 19.8. The lowest BCUT2D eigenvalue weighted by Crippen LogP contribution is -2.38. The smallest absolute Gasteiger partial charge is 0.207 e. The fourth-order valence-electron chi connectivity index (χ4n) is 2.95. The zero-order valence-corrected chi connectivity index (χ0v) is 17.3. The van der Waals surface area contributed by atoms with E-state index in [1.165, 1.54) is 14.9 Å². The summed E-state index contributed by atoms with van der Waals surface area (Å²) in [5, 5.41) is 2.52. The summed E-state index contributed by atoms with van der Waals surface area (Å²) >= 11 is 0. The molecule has 5 heteroatoms. The van der Waals surface area contributed by atoms with Crippen molar-refractivity contribution in [2.24, 2.45) is 0 Å². The SMILES string of the molecule is C[C@@H](CP(c1ccccc1)c1ccccc1)N(C)S(=O)(=O)c1ccccc1. The average Bonchev–Trinajstić information content (AvgIpc) is 2.73. The van der Waals surface area contributed by atoms with E-state index in [4.69, 9.17) is 0 Å². The molecular formula is C22H24NO2PS. The van der Waals surface area contributed by atoms with Gasteiger partial charge in [0.05, 0.1) is 4.90 Å². The van der Waals surface area contributed by atoms with E-state index in [1.54, 1.807) is 31.3 Å². The summed E-state index contributed by atoms with van der Waals surface area (Å²) in [7, 11) is -2.47. The number of rotatable bonds is 7. The lowest BCUT2D eigenvalue weighted by atomic mass is 10.4. The molecule has 140 valence electrons. The lowest BCUT2D eigenvalue weighted by Gasteiger charge is -2.29. The topological polar surface area (TPSA) is 37.4 Å². The number of hydrogen-bond donors (Lipinski definition) is 0. The molecule has 0 bridgehead atoms. The molecule has 0 N–H and O–H groups in total. The molecule has 0 fully saturated rings. The quantitative estimate of drug-likeness (QED) is 0.568. The van der Waals surface area contributed by atoms with Crippen LogP contribution in [0.4, 0.5) is 0 Å². The fraction of sp³-hybridized carbons (Fsp3) is 0.182. The summed E-state index contributed by atoms with van der Waals surface area (Å²) in [4.78, 5) is 0.336. The maximum Gasteiger partial charge on any atom is 0.243 e. The van der Waals surface area contributed by atoms with Crippen LogP contribution < -0.4 is 10.6 Å². The molecule has 0 radical (unpaired) electrons. The third-order valence-corrected chi connectivity index (χ3v) is 9.35. The number of nitrogens with zero attached hydrogens (tertiary/aromatic N) is 1. The Bertz CT molecular complexity index is 908. The van der Waals surface area contributed by atoms with Gasteiger partial charge in [0.25, 0.3) is 0 Å². The van der Waals surface area contributed by atoms with E-state index >= 15 is 0 Å². The van der Waals surface area contributed by atoms with Gasteiger partial charge in [-0.1, -0.05) is 78.9 Å². The van der Waals surface area contributed by atoms with Crippen LogP contribution in [0.2, 0.25) is 0 Å². The van der Waals surface area contributed by atoms with Crippen molar-refractivity contribution in [1.29, 1.82) is 0 Å². The molecule has 0 aliphatic carbocycles. The van der Waals surface area contributed by atoms with Crippen molar-refractivity contribution in [3.8, 4) is 0 Å². The predicted octanol–water partition coefficient (Wildman–Crippen LogP) is 3.83. The van der Waals surface area contributed by atoms with Gasteiger partial charge in [0.1, 0.15) is 0 Å². The van der Waals surface area contributed by atoms with Crippen LogP contribution in [0.25, 0.3) is 0 Å². The van der Waals surface area contributed by atoms with Crippen LogP contribution in [-0.2, 0) is 10.0 Å². The monoisotopic (exact) mass is 397 g/mol. The molecular weight excluding hydrogens is 373 g/mol. The number of hydrogen-bond acceptors (Lipinski definition) is 2. The highest BCUT2D eigenvalue weighted by atomic mass is 32.2. The molecule has 1 atom stereocenters. The number of sulfonamides is 1. The zero-order chi connectivity index (χ0) is 19.3. The standard InChI is InChI=1S/C22H24NO2PS/c1-19(23(2)27(24,25)22-16-10-5-11-17-22)18-26(20-12-6-3-7-13-20)21-14-8-4-9-15-21/h3-17,19H,18H2,1-2H3/t19-/m0/s1. The second-order valence-corrected chi connectivity index (χ2v) is 10.7. The molecule has 0 aromatic heterocycles. The highest BCUT2D eigenvalue weighted by Gasteiger charge is 2.28. The molecule has 3 aromatic carbocycles. The van der Waals surface area contributed by atoms with Crippen molar-refractivity contribution in [2.75, 3.05) is 13.2 Å². The minimum absolute atomic E-state index is 0.123. The van der Waals surface area contributed by atoms with Crippen molar-refractivity contribution in [1.82, 2.24) is 4.31 Å². The van der Waals surface area contributed by atoms with Crippen molar-refractivity contribution in [2.45, 2.75) is 17.9 Å². The van der Waals surface area contributed by atoms with Gasteiger partial charge in [-0.05, 0) is 43.7 Å². The molecule has 0 aliphatic heterocycles. The van der Waals surface area contributed by atoms with Crippen molar-refractivity contribution < 1.29 is 8.42 Å². The highest BCUT2D eigenvalue weighted by Crippen LogP contribution is 2.35. The van der Waals surface area contributed by atoms with Crippen LogP contribution in [0.3, 0.4) is 0 Å². The van der Waals surface area contributed by atoms with Crippen LogP contribution in [0, 0.1) is 0 Å². The van der Waals surface area contributed by atoms with Gasteiger partial charge in [0.15, 0.2) is 0 Å². The fourth-order valence-corrected chi connectivity index (χ4v) is 7.00. The maximum absolute atomic E-state index is 13.0. The first-order valence-electron chi connectivity index (χ1n) is 8.91. The Hall–Kier alpha value is -2.00. The van der Waals surface area contributed by atoms with E-state index in [9.17, 15) is 8.42 Å². The Morgan fingerprint density at radius 1 is 0.778 bits per heavy atom. The van der Waals surface area contributed by atoms with Gasteiger partial charge in [-0.15, -0.1) is 0 Å². The molecule has 3 nitrogen and oxygen atoms in total. The van der Waals surface area contributed by atoms with E-state index in [0.29, 0.717) is 4.90 Å². The van der Waals surface area contributed by atoms with Crippen molar-refractivity contribution >= 4 is 28.6 Å². The third-order valence-electron chi connectivity index (χ3n) is 4.62. The van der Waals surface area contributed by atoms with Crippen molar-refractivity contribution in [3.63, 3.8) is 0 Å². The Morgan fingerprint density at radius 3 is 1.63 bits per heavy atom. The molecule has 0 heterocycles. The van der Waals surface area contributed by atoms with Gasteiger partial charge in [-0.3, -0.25) is 0 Å². The minimum Gasteiger partial charge on any atom is -0.207 e. The highest BCUT2D eigenvalue weighted by molar-refractivity contribution is 7.89. The Kier molecular flexibility index (Phi) is 6.43. The molecule has 3 rings (SSSR count). The molecule has 0 unspecified atom stereocenters. The van der Waals surface area contributed by atoms with Gasteiger partial charge < -0.3 is 0 Å². The van der Waals surface area contributed by atoms with Crippen LogP contribution in [-0.4, -0.2) is 32.0 Å². The summed E-state index contributed by atoms with van der Waals surface area (Å²) in [6.07, 6.45) is 0.770. The lowest BCUT2D eigenvalue weighted by molar-refractivity contribution is 0.414. The molecule has 0 spiro atoms. The van der Waals surface area contributed by atoms with Gasteiger partial charge in [0, 0.05) is 13.1 Å². The predicted molar refractivity (Wildman–Crippen MR) is 115 cm³/mol. The molecule has 0 aliphatic rings. The summed E-state index contributed by atoms with van der Waals surface area (Å²) in [5.41, 5.74) is 0. The summed E-state index contributed by atoms with van der Waals surface area (Å²) in [6.45, 7) is 1.99. The van der Waals surface area contributed by atoms with E-state index in [2.05, 4.69) is 24.3 Å². The Balaban J connectivity index is 1.88. The van der Waals surface area contributed by atoms with Gasteiger partial charge in [-0.25, -0.2) is 8.42 Å². The van der Waals surface area contributed by atoms with Crippen LogP contribution in [0.1, 0.15) is 6.92 Å². The molecule has 3 aromatic rings. The molecule has 0 saturated heterocycles. The second-order valence-electron chi connectivity index (χ2n) is 6.47. The summed E-state index contributed by atoms with van der Waals surface area (Å²) in [5.74, 6) is 0. The van der Waals surface area contributed by atoms with Crippen molar-refractivity contribution in [3.05, 3.63) is 91.0 Å². The van der Waals surface area contributed by atoms with Crippen LogP contribution in [0.15, 0.2) is 95.9 Å². The van der Waals surface area contributed by atoms with E-state index in [-0.39, 0.29) is 6.04 Å². The van der Waals surface area contributed by atoms with Crippen LogP contribution in [0.5, 0.6) is 0 Å². The van der Waals surface area contributed by atoms with E-state index in [0.717, 1.165) is 6.16 Å². The van der Waals surface area contributed by atoms with Gasteiger partial charge in [0.2, 0.25) is 10.0 Å². The Morgan fingerprint density at radius 2 is 1.19 bits per heavy atom. The normalized spacial score (nSPS) is 13.0. The first-order chi connectivity index (χ1) is 13.0. The van der Waals surface area contributed by atoms with E-state index in [1.807, 2.05) is 49.4 Å². The maximum atomic E-state index is 13.0. The molecule has 0 amide bonds. The molecule has 0 saturated carbocycles. The summed E-state index contributed by atoms with van der Waals surface area (Å²) < 4.78 is 27.4. The average molecular weight is 397 g/mol. The third kappa shape index (κ3) is 4.65. The van der Waals surface area contributed by atoms with E-state index < -0.39 is 17.9 Å². The molecule has 27 heavy (non-hydrogen) atoms. The van der Waals surface area contributed by atoms with Gasteiger partial charge in [-0.2, -0.15) is 4.31 Å². The minimum atomic E-state index is -3.50. The summed E-state index contributed by atoms with van der Waals surface area (Å²) in [6, 6.07) is 29.3. The Labute approximate surface area is 163 Å². The zero-order valence-electron chi connectivity index (χ0n) is 15.6. The first-order valence-corrected chi connectivity index (χ1v) is 11.9.